The van der Waals surface area contributed by atoms with Gasteiger partial charge in [0.15, 0.2) is 10.8 Å². The number of fused-ring (bicyclic) bond motifs is 1. The molecule has 0 aliphatic carbocycles. The minimum atomic E-state index is 0.543. The van der Waals surface area contributed by atoms with Gasteiger partial charge in [0.1, 0.15) is 12.1 Å². The molecule has 0 radical (unpaired) electrons. The molecule has 0 aliphatic rings. The largest absolute Gasteiger partial charge is 0.453 e. The molecule has 0 atom stereocenters. The van der Waals surface area contributed by atoms with Gasteiger partial charge in [-0.15, -0.1) is 15.3 Å². The molecule has 0 unspecified atom stereocenters. The fraction of sp³-hybridized carbons (Fsp3) is 0. The van der Waals surface area contributed by atoms with Crippen LogP contribution in [-0.4, -0.2) is 19.8 Å². The Hall–Kier alpha value is -1.89. The lowest BCUT2D eigenvalue weighted by atomic mass is 10.2. The molecule has 104 valence electrons. The van der Waals surface area contributed by atoms with Crippen LogP contribution in [0.25, 0.3) is 27.1 Å². The summed E-state index contributed by atoms with van der Waals surface area (Å²) in [5.74, 6) is 1.32. The Balaban J connectivity index is 1.76. The number of nitrogens with zero attached hydrogens (tertiary/aromatic N) is 4. The van der Waals surface area contributed by atoms with Gasteiger partial charge in [0.25, 0.3) is 0 Å². The molecule has 0 saturated carbocycles. The summed E-state index contributed by atoms with van der Waals surface area (Å²) in [5.41, 5.74) is 0.787. The molecule has 8 heteroatoms. The SMILES string of the molecule is Clc1ccc(-c2ccc(-c3nn4cnnc4s3)o2)c(Cl)c1. The van der Waals surface area contributed by atoms with Crippen LogP contribution in [0.2, 0.25) is 10.0 Å². The van der Waals surface area contributed by atoms with E-state index in [4.69, 9.17) is 27.6 Å². The van der Waals surface area contributed by atoms with E-state index in [9.17, 15) is 0 Å². The zero-order valence-electron chi connectivity index (χ0n) is 10.3. The minimum Gasteiger partial charge on any atom is -0.453 e. The third-order valence-electron chi connectivity index (χ3n) is 2.90. The van der Waals surface area contributed by atoms with Crippen molar-refractivity contribution in [2.45, 2.75) is 0 Å². The number of furan rings is 1. The first-order valence-corrected chi connectivity index (χ1v) is 7.50. The van der Waals surface area contributed by atoms with E-state index in [-0.39, 0.29) is 0 Å². The predicted molar refractivity (Wildman–Crippen MR) is 81.8 cm³/mol. The Kier molecular flexibility index (Phi) is 2.95. The Morgan fingerprint density at radius 2 is 1.95 bits per heavy atom. The van der Waals surface area contributed by atoms with Gasteiger partial charge in [-0.1, -0.05) is 34.5 Å². The van der Waals surface area contributed by atoms with Gasteiger partial charge in [-0.3, -0.25) is 0 Å². The molecule has 4 rings (SSSR count). The van der Waals surface area contributed by atoms with Crippen LogP contribution < -0.4 is 0 Å². The second-order valence-corrected chi connectivity index (χ2v) is 6.05. The van der Waals surface area contributed by atoms with Gasteiger partial charge in [0.05, 0.1) is 5.02 Å². The van der Waals surface area contributed by atoms with Gasteiger partial charge in [-0.05, 0) is 30.3 Å². The van der Waals surface area contributed by atoms with E-state index in [1.807, 2.05) is 18.2 Å². The summed E-state index contributed by atoms with van der Waals surface area (Å²) in [5, 5.41) is 13.9. The predicted octanol–water partition coefficient (Wildman–Crippen LogP) is 4.42. The highest BCUT2D eigenvalue weighted by atomic mass is 35.5. The van der Waals surface area contributed by atoms with Crippen molar-refractivity contribution in [1.82, 2.24) is 19.8 Å². The van der Waals surface area contributed by atoms with E-state index in [1.165, 1.54) is 11.3 Å². The van der Waals surface area contributed by atoms with Gasteiger partial charge >= 0.3 is 0 Å². The minimum absolute atomic E-state index is 0.543. The Bertz CT molecular complexity index is 914. The van der Waals surface area contributed by atoms with E-state index in [0.29, 0.717) is 26.5 Å². The van der Waals surface area contributed by atoms with Crippen LogP contribution in [0.1, 0.15) is 0 Å². The maximum atomic E-state index is 6.19. The summed E-state index contributed by atoms with van der Waals surface area (Å²) < 4.78 is 7.44. The summed E-state index contributed by atoms with van der Waals surface area (Å²) in [6.07, 6.45) is 1.55. The van der Waals surface area contributed by atoms with E-state index < -0.39 is 0 Å². The molecule has 4 aromatic rings. The summed E-state index contributed by atoms with van der Waals surface area (Å²) in [6, 6.07) is 8.99. The van der Waals surface area contributed by atoms with Crippen molar-refractivity contribution in [1.29, 1.82) is 0 Å². The fourth-order valence-electron chi connectivity index (χ4n) is 1.95. The molecule has 0 amide bonds. The molecule has 0 aliphatic heterocycles. The van der Waals surface area contributed by atoms with E-state index in [0.717, 1.165) is 10.6 Å². The van der Waals surface area contributed by atoms with Crippen molar-refractivity contribution < 1.29 is 4.42 Å². The van der Waals surface area contributed by atoms with Crippen molar-refractivity contribution in [3.8, 4) is 22.1 Å². The van der Waals surface area contributed by atoms with Gasteiger partial charge in [-0.25, -0.2) is 0 Å². The first-order chi connectivity index (χ1) is 10.2. The number of hydrogen-bond donors (Lipinski definition) is 0. The lowest BCUT2D eigenvalue weighted by Crippen LogP contribution is -1.80. The van der Waals surface area contributed by atoms with Crippen LogP contribution in [0.15, 0.2) is 41.1 Å². The zero-order valence-corrected chi connectivity index (χ0v) is 12.7. The summed E-state index contributed by atoms with van der Waals surface area (Å²) in [4.78, 5) is 0.715. The van der Waals surface area contributed by atoms with Crippen LogP contribution in [0.4, 0.5) is 0 Å². The molecule has 3 aromatic heterocycles. The number of halogens is 2. The summed E-state index contributed by atoms with van der Waals surface area (Å²) in [7, 11) is 0. The Morgan fingerprint density at radius 1 is 1.10 bits per heavy atom. The molecule has 3 heterocycles. The molecular formula is C13H6Cl2N4OS. The average Bonchev–Trinajstić information content (AvgIpc) is 3.12. The van der Waals surface area contributed by atoms with Crippen LogP contribution in [0, 0.1) is 0 Å². The van der Waals surface area contributed by atoms with Crippen molar-refractivity contribution >= 4 is 39.5 Å². The maximum Gasteiger partial charge on any atom is 0.234 e. The van der Waals surface area contributed by atoms with Crippen molar-refractivity contribution in [2.24, 2.45) is 0 Å². The second kappa shape index (κ2) is 4.84. The van der Waals surface area contributed by atoms with Gasteiger partial charge < -0.3 is 4.42 Å². The normalized spacial score (nSPS) is 11.3. The molecule has 1 aromatic carbocycles. The second-order valence-electron chi connectivity index (χ2n) is 4.25. The van der Waals surface area contributed by atoms with Crippen molar-refractivity contribution in [3.63, 3.8) is 0 Å². The number of hydrogen-bond acceptors (Lipinski definition) is 5. The maximum absolute atomic E-state index is 6.19. The van der Waals surface area contributed by atoms with Gasteiger partial charge in [-0.2, -0.15) is 4.52 Å². The molecule has 0 fully saturated rings. The molecule has 5 nitrogen and oxygen atoms in total. The first kappa shape index (κ1) is 12.8. The number of aromatic nitrogens is 4. The molecule has 0 bridgehead atoms. The summed E-state index contributed by atoms with van der Waals surface area (Å²) >= 11 is 13.5. The quantitative estimate of drug-likeness (QED) is 0.543. The van der Waals surface area contributed by atoms with Gasteiger partial charge in [0.2, 0.25) is 4.96 Å². The first-order valence-electron chi connectivity index (χ1n) is 5.93. The third kappa shape index (κ3) is 2.21. The highest BCUT2D eigenvalue weighted by Gasteiger charge is 2.14. The molecule has 0 N–H and O–H groups in total. The van der Waals surface area contributed by atoms with E-state index in [2.05, 4.69) is 15.3 Å². The smallest absolute Gasteiger partial charge is 0.234 e. The van der Waals surface area contributed by atoms with Crippen LogP contribution in [0.3, 0.4) is 0 Å². The lowest BCUT2D eigenvalue weighted by Gasteiger charge is -2.00. The van der Waals surface area contributed by atoms with E-state index in [1.54, 1.807) is 23.0 Å². The Morgan fingerprint density at radius 3 is 2.76 bits per heavy atom. The highest BCUT2D eigenvalue weighted by Crippen LogP contribution is 2.35. The Labute approximate surface area is 132 Å². The fourth-order valence-corrected chi connectivity index (χ4v) is 3.23. The standard InChI is InChI=1S/C13H6Cl2N4OS/c14-7-1-2-8(9(15)5-7)10-3-4-11(20-10)12-18-19-6-16-17-13(19)21-12/h1-6H. The van der Waals surface area contributed by atoms with Crippen molar-refractivity contribution in [2.75, 3.05) is 0 Å². The lowest BCUT2D eigenvalue weighted by molar-refractivity contribution is 0.595. The molecule has 0 saturated heterocycles. The average molecular weight is 337 g/mol. The number of rotatable bonds is 2. The van der Waals surface area contributed by atoms with Crippen molar-refractivity contribution in [3.05, 3.63) is 46.7 Å². The van der Waals surface area contributed by atoms with Gasteiger partial charge in [0, 0.05) is 10.6 Å². The van der Waals surface area contributed by atoms with E-state index >= 15 is 0 Å². The number of benzene rings is 1. The topological polar surface area (TPSA) is 56.2 Å². The third-order valence-corrected chi connectivity index (χ3v) is 4.38. The van der Waals surface area contributed by atoms with Crippen LogP contribution >= 0.6 is 34.5 Å². The zero-order chi connectivity index (χ0) is 14.4. The molecular weight excluding hydrogens is 331 g/mol. The monoisotopic (exact) mass is 336 g/mol. The highest BCUT2D eigenvalue weighted by molar-refractivity contribution is 7.19. The molecule has 0 spiro atoms. The molecule has 21 heavy (non-hydrogen) atoms. The summed E-state index contributed by atoms with van der Waals surface area (Å²) in [6.45, 7) is 0. The van der Waals surface area contributed by atoms with Crippen LogP contribution in [-0.2, 0) is 0 Å². The van der Waals surface area contributed by atoms with Crippen LogP contribution in [0.5, 0.6) is 0 Å².